The lowest BCUT2D eigenvalue weighted by Gasteiger charge is -2.31. The number of halogens is 1. The second-order valence-corrected chi connectivity index (χ2v) is 11.6. The minimum Gasteiger partial charge on any atom is -0.488 e. The molecule has 194 valence electrons. The summed E-state index contributed by atoms with van der Waals surface area (Å²) in [5, 5.41) is 10.2. The Hall–Kier alpha value is -3.16. The molecule has 0 aliphatic carbocycles. The van der Waals surface area contributed by atoms with E-state index < -0.39 is 5.60 Å². The molecule has 7 nitrogen and oxygen atoms in total. The van der Waals surface area contributed by atoms with Gasteiger partial charge in [-0.2, -0.15) is 0 Å². The quantitative estimate of drug-likeness (QED) is 0.410. The summed E-state index contributed by atoms with van der Waals surface area (Å²) in [6, 6.07) is 14.4. The Morgan fingerprint density at radius 2 is 1.97 bits per heavy atom. The van der Waals surface area contributed by atoms with Crippen molar-refractivity contribution in [2.45, 2.75) is 51.6 Å². The summed E-state index contributed by atoms with van der Waals surface area (Å²) in [6.07, 6.45) is 0.387. The van der Waals surface area contributed by atoms with Crippen LogP contribution in [0.3, 0.4) is 0 Å². The van der Waals surface area contributed by atoms with Crippen molar-refractivity contribution in [2.75, 3.05) is 30.9 Å². The number of carbonyl (C=O) groups excluding carboxylic acids is 1. The highest BCUT2D eigenvalue weighted by molar-refractivity contribution is 6.30. The van der Waals surface area contributed by atoms with Crippen molar-refractivity contribution in [3.05, 3.63) is 53.1 Å². The maximum Gasteiger partial charge on any atom is 0.410 e. The molecule has 37 heavy (non-hydrogen) atoms. The molecule has 3 atom stereocenters. The Labute approximate surface area is 222 Å². The van der Waals surface area contributed by atoms with Crippen LogP contribution in [-0.2, 0) is 16.1 Å². The third-order valence-corrected chi connectivity index (χ3v) is 7.55. The highest BCUT2D eigenvalue weighted by atomic mass is 35.5. The molecule has 0 aromatic heterocycles. The smallest absolute Gasteiger partial charge is 0.410 e. The Morgan fingerprint density at radius 3 is 2.76 bits per heavy atom. The molecule has 0 radical (unpaired) electrons. The van der Waals surface area contributed by atoms with Crippen molar-refractivity contribution in [1.29, 1.82) is 0 Å². The fraction of sp³-hybridized carbons (Fsp3) is 0.414. The van der Waals surface area contributed by atoms with Gasteiger partial charge in [-0.05, 0) is 74.0 Å². The molecule has 2 N–H and O–H groups in total. The number of anilines is 2. The molecule has 3 aliphatic rings. The minimum absolute atomic E-state index is 0.0806. The SMILES string of the molecule is COC[C@@H]1C[C@@H](C2Nc3ccc4cc5c(cc4c3N2)OCc2cc(Cl)ccc2-5)N(C(=O)OC(C)(C)C)C1. The first-order valence-electron chi connectivity index (χ1n) is 12.7. The molecule has 1 saturated heterocycles. The van der Waals surface area contributed by atoms with Gasteiger partial charge in [0.25, 0.3) is 0 Å². The van der Waals surface area contributed by atoms with Gasteiger partial charge in [0.15, 0.2) is 0 Å². The number of methoxy groups -OCH3 is 1. The van der Waals surface area contributed by atoms with E-state index in [4.69, 9.17) is 25.8 Å². The zero-order chi connectivity index (χ0) is 25.9. The van der Waals surface area contributed by atoms with E-state index in [9.17, 15) is 4.79 Å². The van der Waals surface area contributed by atoms with Crippen LogP contribution in [-0.4, -0.2) is 49.1 Å². The summed E-state index contributed by atoms with van der Waals surface area (Å²) in [5.41, 5.74) is 4.80. The summed E-state index contributed by atoms with van der Waals surface area (Å²) < 4.78 is 17.3. The molecule has 1 fully saturated rings. The standard InChI is InChI=1S/C29H32ClN3O4/c1-29(2,3)37-28(34)33-13-16(14-35-4)9-24(33)27-31-23-8-5-17-11-22-20-7-6-19(30)10-18(20)15-36-25(22)12-21(17)26(23)32-27/h5-8,10-12,16,24,27,31-32H,9,13-15H2,1-4H3/t16-,24+,27?/m1/s1. The van der Waals surface area contributed by atoms with Gasteiger partial charge in [-0.3, -0.25) is 0 Å². The van der Waals surface area contributed by atoms with E-state index in [1.54, 1.807) is 7.11 Å². The predicted octanol–water partition coefficient (Wildman–Crippen LogP) is 6.49. The normalized spacial score (nSPS) is 22.0. The molecule has 8 heteroatoms. The van der Waals surface area contributed by atoms with Gasteiger partial charge >= 0.3 is 6.09 Å². The highest BCUT2D eigenvalue weighted by Crippen LogP contribution is 2.46. The Balaban J connectivity index is 1.31. The van der Waals surface area contributed by atoms with Crippen LogP contribution >= 0.6 is 11.6 Å². The average Bonchev–Trinajstić information content (AvgIpc) is 3.46. The van der Waals surface area contributed by atoms with Gasteiger partial charge in [0.1, 0.15) is 24.1 Å². The lowest BCUT2D eigenvalue weighted by molar-refractivity contribution is 0.0209. The van der Waals surface area contributed by atoms with Crippen molar-refractivity contribution in [3.8, 4) is 16.9 Å². The van der Waals surface area contributed by atoms with Crippen molar-refractivity contribution >= 4 is 39.8 Å². The number of rotatable bonds is 3. The van der Waals surface area contributed by atoms with Gasteiger partial charge in [0.05, 0.1) is 24.0 Å². The maximum absolute atomic E-state index is 13.1. The second-order valence-electron chi connectivity index (χ2n) is 11.2. The van der Waals surface area contributed by atoms with Gasteiger partial charge in [0, 0.05) is 35.5 Å². The second kappa shape index (κ2) is 8.99. The third-order valence-electron chi connectivity index (χ3n) is 7.32. The number of ether oxygens (including phenoxy) is 3. The van der Waals surface area contributed by atoms with E-state index in [0.29, 0.717) is 24.8 Å². The molecule has 3 aromatic rings. The molecule has 3 heterocycles. The third kappa shape index (κ3) is 4.44. The van der Waals surface area contributed by atoms with Crippen molar-refractivity contribution in [3.63, 3.8) is 0 Å². The monoisotopic (exact) mass is 521 g/mol. The molecule has 0 saturated carbocycles. The van der Waals surface area contributed by atoms with Crippen LogP contribution in [0.25, 0.3) is 21.9 Å². The van der Waals surface area contributed by atoms with E-state index in [-0.39, 0.29) is 24.2 Å². The van der Waals surface area contributed by atoms with Gasteiger partial charge in [0.2, 0.25) is 0 Å². The van der Waals surface area contributed by atoms with E-state index in [2.05, 4.69) is 41.0 Å². The number of benzene rings is 3. The molecule has 3 aromatic carbocycles. The topological polar surface area (TPSA) is 72.1 Å². The largest absolute Gasteiger partial charge is 0.488 e. The number of nitrogens with one attached hydrogen (secondary N) is 2. The Kier molecular flexibility index (Phi) is 5.88. The fourth-order valence-electron chi connectivity index (χ4n) is 5.77. The van der Waals surface area contributed by atoms with E-state index in [1.165, 1.54) is 0 Å². The number of nitrogens with zero attached hydrogens (tertiary/aromatic N) is 1. The van der Waals surface area contributed by atoms with Crippen molar-refractivity contribution in [1.82, 2.24) is 4.90 Å². The summed E-state index contributed by atoms with van der Waals surface area (Å²) in [5.74, 6) is 1.11. The van der Waals surface area contributed by atoms with Crippen LogP contribution in [0, 0.1) is 5.92 Å². The number of fused-ring (bicyclic) bond motifs is 6. The van der Waals surface area contributed by atoms with Gasteiger partial charge in [-0.1, -0.05) is 23.7 Å². The first kappa shape index (κ1) is 24.2. The molecule has 6 rings (SSSR count). The number of amides is 1. The first-order valence-corrected chi connectivity index (χ1v) is 13.1. The first-order chi connectivity index (χ1) is 17.7. The van der Waals surface area contributed by atoms with Crippen LogP contribution in [0.15, 0.2) is 42.5 Å². The molecule has 0 bridgehead atoms. The zero-order valence-corrected chi connectivity index (χ0v) is 22.3. The average molecular weight is 522 g/mol. The van der Waals surface area contributed by atoms with Crippen LogP contribution < -0.4 is 15.4 Å². The van der Waals surface area contributed by atoms with Gasteiger partial charge in [-0.25, -0.2) is 4.79 Å². The molecule has 3 aliphatic heterocycles. The Bertz CT molecular complexity index is 1390. The molecular weight excluding hydrogens is 490 g/mol. The maximum atomic E-state index is 13.1. The lowest BCUT2D eigenvalue weighted by atomic mass is 9.94. The highest BCUT2D eigenvalue weighted by Gasteiger charge is 2.43. The fourth-order valence-corrected chi connectivity index (χ4v) is 5.96. The summed E-state index contributed by atoms with van der Waals surface area (Å²) in [4.78, 5) is 15.0. The van der Waals surface area contributed by atoms with E-state index in [1.807, 2.05) is 37.8 Å². The summed E-state index contributed by atoms with van der Waals surface area (Å²) in [6.45, 7) is 7.39. The predicted molar refractivity (Wildman–Crippen MR) is 146 cm³/mol. The molecular formula is C29H32ClN3O4. The molecule has 0 spiro atoms. The molecule has 1 unspecified atom stereocenters. The number of likely N-dealkylation sites (tertiary alicyclic amines) is 1. The number of hydrogen-bond donors (Lipinski definition) is 2. The summed E-state index contributed by atoms with van der Waals surface area (Å²) in [7, 11) is 1.70. The number of carbonyl (C=O) groups is 1. The Morgan fingerprint density at radius 1 is 1.14 bits per heavy atom. The minimum atomic E-state index is -0.556. The van der Waals surface area contributed by atoms with Crippen LogP contribution in [0.5, 0.6) is 5.75 Å². The van der Waals surface area contributed by atoms with Crippen LogP contribution in [0.1, 0.15) is 32.8 Å². The summed E-state index contributed by atoms with van der Waals surface area (Å²) >= 11 is 6.21. The number of hydrogen-bond acceptors (Lipinski definition) is 6. The zero-order valence-electron chi connectivity index (χ0n) is 21.6. The van der Waals surface area contributed by atoms with Gasteiger partial charge in [-0.15, -0.1) is 0 Å². The van der Waals surface area contributed by atoms with Crippen molar-refractivity contribution in [2.24, 2.45) is 5.92 Å². The van der Waals surface area contributed by atoms with E-state index >= 15 is 0 Å². The van der Waals surface area contributed by atoms with E-state index in [0.717, 1.165) is 51.0 Å². The lowest BCUT2D eigenvalue weighted by Crippen LogP contribution is -2.49. The van der Waals surface area contributed by atoms with Gasteiger partial charge < -0.3 is 29.7 Å². The van der Waals surface area contributed by atoms with Crippen LogP contribution in [0.4, 0.5) is 16.2 Å². The van der Waals surface area contributed by atoms with Crippen molar-refractivity contribution < 1.29 is 19.0 Å². The van der Waals surface area contributed by atoms with Crippen LogP contribution in [0.2, 0.25) is 5.02 Å². The molecule has 1 amide bonds.